The molecule has 1 aromatic heterocycles. The Balaban J connectivity index is 2.18. The molecule has 3 rings (SSSR count). The monoisotopic (exact) mass is 305 g/mol. The second-order valence-electron chi connectivity index (χ2n) is 4.90. The average molecular weight is 306 g/mol. The molecule has 5 nitrogen and oxygen atoms in total. The van der Waals surface area contributed by atoms with E-state index in [0.717, 1.165) is 30.6 Å². The fraction of sp³-hybridized carbons (Fsp3) is 0.500. The number of nitrogens with two attached hydrogens (primary N) is 1. The minimum absolute atomic E-state index is 0.127. The van der Waals surface area contributed by atoms with Crippen molar-refractivity contribution in [2.24, 2.45) is 15.7 Å². The molecule has 1 saturated carbocycles. The normalized spacial score (nSPS) is 24.2. The lowest BCUT2D eigenvalue weighted by molar-refractivity contribution is 0.258. The first kappa shape index (κ1) is 12.4. The van der Waals surface area contributed by atoms with E-state index in [-0.39, 0.29) is 9.62 Å². The number of anilines is 1. The molecule has 0 atom stereocenters. The van der Waals surface area contributed by atoms with Crippen molar-refractivity contribution in [2.75, 3.05) is 5.01 Å². The van der Waals surface area contributed by atoms with Gasteiger partial charge in [-0.25, -0.2) is 5.84 Å². The van der Waals surface area contributed by atoms with Gasteiger partial charge in [0.1, 0.15) is 5.84 Å². The molecule has 1 fully saturated rings. The lowest BCUT2D eigenvalue weighted by Crippen LogP contribution is -2.51. The summed E-state index contributed by atoms with van der Waals surface area (Å²) in [7, 11) is -3.66. The maximum atomic E-state index is 12.1. The van der Waals surface area contributed by atoms with Gasteiger partial charge in [0, 0.05) is 5.41 Å². The van der Waals surface area contributed by atoms with Gasteiger partial charge < -0.3 is 0 Å². The van der Waals surface area contributed by atoms with Crippen LogP contribution in [-0.2, 0) is 10.0 Å². The molecule has 2 heterocycles. The molecule has 0 saturated heterocycles. The highest BCUT2D eigenvalue weighted by atomic mass is 35.5. The Labute approximate surface area is 114 Å². The summed E-state index contributed by atoms with van der Waals surface area (Å²) in [5.41, 5.74) is 0.191. The molecular weight excluding hydrogens is 294 g/mol. The minimum Gasteiger partial charge on any atom is -0.262 e. The summed E-state index contributed by atoms with van der Waals surface area (Å²) in [6.45, 7) is 1.99. The molecule has 0 radical (unpaired) electrons. The summed E-state index contributed by atoms with van der Waals surface area (Å²) in [5.74, 6) is 6.43. The summed E-state index contributed by atoms with van der Waals surface area (Å²) in [5, 5.41) is 1.37. The van der Waals surface area contributed by atoms with Gasteiger partial charge >= 0.3 is 0 Å². The number of hydrogen-bond acceptors (Lipinski definition) is 5. The van der Waals surface area contributed by atoms with E-state index in [2.05, 4.69) is 4.40 Å². The predicted octanol–water partition coefficient (Wildman–Crippen LogP) is 2.37. The van der Waals surface area contributed by atoms with Gasteiger partial charge in [0.25, 0.3) is 10.0 Å². The van der Waals surface area contributed by atoms with Crippen LogP contribution in [0.2, 0.25) is 4.34 Å². The topological polar surface area (TPSA) is 75.8 Å². The molecule has 1 aromatic rings. The quantitative estimate of drug-likeness (QED) is 0.808. The molecule has 2 aliphatic rings. The Kier molecular flexibility index (Phi) is 2.54. The number of hydrogen-bond donors (Lipinski definition) is 1. The summed E-state index contributed by atoms with van der Waals surface area (Å²) in [6, 6.07) is 1.58. The van der Waals surface area contributed by atoms with E-state index in [1.54, 1.807) is 6.07 Å². The molecule has 0 aromatic carbocycles. The van der Waals surface area contributed by atoms with E-state index >= 15 is 0 Å². The molecular formula is C10H12ClN3O2S2. The molecule has 1 aliphatic heterocycles. The van der Waals surface area contributed by atoms with Crippen molar-refractivity contribution in [3.05, 3.63) is 10.4 Å². The van der Waals surface area contributed by atoms with Crippen molar-refractivity contribution in [3.63, 3.8) is 0 Å². The first-order valence-electron chi connectivity index (χ1n) is 5.53. The summed E-state index contributed by atoms with van der Waals surface area (Å²) in [4.78, 5) is 0. The molecule has 0 spiro atoms. The molecule has 0 amide bonds. The second kappa shape index (κ2) is 3.69. The van der Waals surface area contributed by atoms with E-state index in [0.29, 0.717) is 15.9 Å². The molecule has 0 unspecified atom stereocenters. The third kappa shape index (κ3) is 1.61. The SMILES string of the molecule is CC1(C2=NS(=O)(=O)c3sc(Cl)cc3N2N)CCC1. The van der Waals surface area contributed by atoms with E-state index in [4.69, 9.17) is 17.4 Å². The van der Waals surface area contributed by atoms with Crippen LogP contribution in [0.1, 0.15) is 26.2 Å². The fourth-order valence-corrected chi connectivity index (χ4v) is 5.26. The highest BCUT2D eigenvalue weighted by Crippen LogP contribution is 2.47. The van der Waals surface area contributed by atoms with Crippen LogP contribution in [0.15, 0.2) is 14.7 Å². The van der Waals surface area contributed by atoms with Crippen LogP contribution in [0, 0.1) is 5.41 Å². The third-order valence-corrected chi connectivity index (χ3v) is 6.60. The largest absolute Gasteiger partial charge is 0.295 e. The van der Waals surface area contributed by atoms with Crippen LogP contribution in [0.4, 0.5) is 5.69 Å². The van der Waals surface area contributed by atoms with Crippen LogP contribution in [-0.4, -0.2) is 14.3 Å². The van der Waals surface area contributed by atoms with Crippen molar-refractivity contribution in [3.8, 4) is 0 Å². The zero-order valence-electron chi connectivity index (χ0n) is 9.68. The lowest BCUT2D eigenvalue weighted by atomic mass is 9.69. The van der Waals surface area contributed by atoms with Crippen molar-refractivity contribution >= 4 is 44.5 Å². The number of thiophene rings is 1. The van der Waals surface area contributed by atoms with Crippen LogP contribution < -0.4 is 10.9 Å². The highest BCUT2D eigenvalue weighted by Gasteiger charge is 2.44. The van der Waals surface area contributed by atoms with E-state index in [9.17, 15) is 8.42 Å². The summed E-state index contributed by atoms with van der Waals surface area (Å²) in [6.07, 6.45) is 2.88. The Bertz CT molecular complexity index is 646. The molecule has 98 valence electrons. The number of fused-ring (bicyclic) bond motifs is 1. The number of nitrogens with zero attached hydrogens (tertiary/aromatic N) is 2. The zero-order chi connectivity index (χ0) is 13.1. The van der Waals surface area contributed by atoms with Crippen LogP contribution in [0.3, 0.4) is 0 Å². The standard InChI is InChI=1S/C10H12ClN3O2S2/c1-10(3-2-4-10)9-13-18(15,16)8-6(14(9)12)5-7(11)17-8/h5H,2-4,12H2,1H3. The van der Waals surface area contributed by atoms with Gasteiger partial charge in [-0.2, -0.15) is 8.42 Å². The number of amidine groups is 1. The van der Waals surface area contributed by atoms with Crippen LogP contribution in [0.25, 0.3) is 0 Å². The first-order chi connectivity index (χ1) is 8.33. The number of rotatable bonds is 1. The Morgan fingerprint density at radius 3 is 2.78 bits per heavy atom. The Hall–Kier alpha value is -0.630. The van der Waals surface area contributed by atoms with Gasteiger partial charge in [-0.1, -0.05) is 24.9 Å². The minimum atomic E-state index is -3.66. The second-order valence-corrected chi connectivity index (χ2v) is 8.38. The molecule has 18 heavy (non-hydrogen) atoms. The Morgan fingerprint density at radius 2 is 2.22 bits per heavy atom. The third-order valence-electron chi connectivity index (χ3n) is 3.58. The fourth-order valence-electron chi connectivity index (χ4n) is 2.33. The van der Waals surface area contributed by atoms with Gasteiger partial charge in [-0.15, -0.1) is 15.7 Å². The zero-order valence-corrected chi connectivity index (χ0v) is 12.1. The van der Waals surface area contributed by atoms with Crippen molar-refractivity contribution in [1.29, 1.82) is 0 Å². The average Bonchev–Trinajstić information content (AvgIpc) is 2.64. The van der Waals surface area contributed by atoms with E-state index < -0.39 is 10.0 Å². The van der Waals surface area contributed by atoms with Gasteiger partial charge in [-0.3, -0.25) is 5.01 Å². The van der Waals surface area contributed by atoms with Gasteiger partial charge in [0.05, 0.1) is 10.0 Å². The lowest BCUT2D eigenvalue weighted by Gasteiger charge is -2.43. The number of sulfonamides is 1. The maximum Gasteiger partial charge on any atom is 0.295 e. The summed E-state index contributed by atoms with van der Waals surface area (Å²) >= 11 is 6.86. The smallest absolute Gasteiger partial charge is 0.262 e. The highest BCUT2D eigenvalue weighted by molar-refractivity contribution is 7.92. The van der Waals surface area contributed by atoms with Crippen LogP contribution in [0.5, 0.6) is 0 Å². The molecule has 1 aliphatic carbocycles. The van der Waals surface area contributed by atoms with Gasteiger partial charge in [0.15, 0.2) is 4.21 Å². The number of hydrazine groups is 1. The van der Waals surface area contributed by atoms with E-state index in [1.165, 1.54) is 5.01 Å². The van der Waals surface area contributed by atoms with Gasteiger partial charge in [-0.05, 0) is 18.9 Å². The predicted molar refractivity (Wildman–Crippen MR) is 72.6 cm³/mol. The van der Waals surface area contributed by atoms with Gasteiger partial charge in [0.2, 0.25) is 0 Å². The van der Waals surface area contributed by atoms with Crippen molar-refractivity contribution in [1.82, 2.24) is 0 Å². The maximum absolute atomic E-state index is 12.1. The van der Waals surface area contributed by atoms with Crippen LogP contribution >= 0.6 is 22.9 Å². The van der Waals surface area contributed by atoms with E-state index in [1.807, 2.05) is 6.92 Å². The molecule has 8 heteroatoms. The Morgan fingerprint density at radius 1 is 1.56 bits per heavy atom. The van der Waals surface area contributed by atoms with Crippen molar-refractivity contribution < 1.29 is 8.42 Å². The van der Waals surface area contributed by atoms with Crippen molar-refractivity contribution in [2.45, 2.75) is 30.4 Å². The summed E-state index contributed by atoms with van der Waals surface area (Å²) < 4.78 is 28.6. The molecule has 0 bridgehead atoms. The molecule has 2 N–H and O–H groups in total. The number of halogens is 1. The first-order valence-corrected chi connectivity index (χ1v) is 8.17.